The number of benzene rings is 1. The SMILES string of the molecule is CC1CCCC1(O)c1ccccc1Br. The molecule has 0 aliphatic heterocycles. The Kier molecular flexibility index (Phi) is 2.67. The van der Waals surface area contributed by atoms with Crippen LogP contribution in [0.2, 0.25) is 0 Å². The zero-order chi connectivity index (χ0) is 10.2. The van der Waals surface area contributed by atoms with Gasteiger partial charge in [-0.25, -0.2) is 0 Å². The Morgan fingerprint density at radius 2 is 2.14 bits per heavy atom. The van der Waals surface area contributed by atoms with Gasteiger partial charge in [0.2, 0.25) is 0 Å². The summed E-state index contributed by atoms with van der Waals surface area (Å²) in [4.78, 5) is 0. The third-order valence-corrected chi connectivity index (χ3v) is 4.04. The molecule has 0 bridgehead atoms. The summed E-state index contributed by atoms with van der Waals surface area (Å²) in [6.45, 7) is 2.13. The molecule has 1 aliphatic carbocycles. The lowest BCUT2D eigenvalue weighted by molar-refractivity contribution is 0.00380. The lowest BCUT2D eigenvalue weighted by atomic mass is 9.85. The molecule has 1 N–H and O–H groups in total. The number of halogens is 1. The van der Waals surface area contributed by atoms with Crippen molar-refractivity contribution in [2.24, 2.45) is 5.92 Å². The molecule has 1 saturated carbocycles. The van der Waals surface area contributed by atoms with Gasteiger partial charge in [0, 0.05) is 4.47 Å². The molecule has 2 atom stereocenters. The summed E-state index contributed by atoms with van der Waals surface area (Å²) in [5.41, 5.74) is 0.435. The van der Waals surface area contributed by atoms with Crippen molar-refractivity contribution in [2.75, 3.05) is 0 Å². The third kappa shape index (κ3) is 1.51. The second-order valence-electron chi connectivity index (χ2n) is 4.20. The van der Waals surface area contributed by atoms with Crippen LogP contribution in [0.15, 0.2) is 28.7 Å². The van der Waals surface area contributed by atoms with Gasteiger partial charge in [0.25, 0.3) is 0 Å². The molecule has 1 nitrogen and oxygen atoms in total. The summed E-state index contributed by atoms with van der Waals surface area (Å²) in [6.07, 6.45) is 3.13. The Morgan fingerprint density at radius 1 is 1.43 bits per heavy atom. The summed E-state index contributed by atoms with van der Waals surface area (Å²) in [7, 11) is 0. The largest absolute Gasteiger partial charge is 0.385 e. The predicted molar refractivity (Wildman–Crippen MR) is 61.1 cm³/mol. The number of aliphatic hydroxyl groups is 1. The number of hydrogen-bond acceptors (Lipinski definition) is 1. The molecule has 0 saturated heterocycles. The van der Waals surface area contributed by atoms with E-state index >= 15 is 0 Å². The summed E-state index contributed by atoms with van der Waals surface area (Å²) in [5.74, 6) is 0.362. The van der Waals surface area contributed by atoms with Gasteiger partial charge in [-0.15, -0.1) is 0 Å². The lowest BCUT2D eigenvalue weighted by Crippen LogP contribution is -2.28. The fraction of sp³-hybridized carbons (Fsp3) is 0.500. The van der Waals surface area contributed by atoms with Crippen LogP contribution in [0.5, 0.6) is 0 Å². The van der Waals surface area contributed by atoms with E-state index in [9.17, 15) is 5.11 Å². The summed E-state index contributed by atoms with van der Waals surface area (Å²) in [6, 6.07) is 7.99. The van der Waals surface area contributed by atoms with Gasteiger partial charge in [-0.1, -0.05) is 41.1 Å². The van der Waals surface area contributed by atoms with E-state index in [1.807, 2.05) is 24.3 Å². The van der Waals surface area contributed by atoms with Crippen LogP contribution in [-0.4, -0.2) is 5.11 Å². The minimum absolute atomic E-state index is 0.362. The molecule has 1 aliphatic rings. The van der Waals surface area contributed by atoms with E-state index in [0.717, 1.165) is 29.3 Å². The highest BCUT2D eigenvalue weighted by atomic mass is 79.9. The van der Waals surface area contributed by atoms with E-state index in [0.29, 0.717) is 5.92 Å². The van der Waals surface area contributed by atoms with E-state index < -0.39 is 5.60 Å². The highest BCUT2D eigenvalue weighted by Crippen LogP contribution is 2.45. The van der Waals surface area contributed by atoms with Gasteiger partial charge in [0.1, 0.15) is 0 Å². The molecule has 0 heterocycles. The Labute approximate surface area is 93.3 Å². The average Bonchev–Trinajstić information content (AvgIpc) is 2.49. The first-order valence-corrected chi connectivity index (χ1v) is 5.91. The van der Waals surface area contributed by atoms with Crippen LogP contribution in [0.1, 0.15) is 31.7 Å². The standard InChI is InChI=1S/C12H15BrO/c1-9-5-4-8-12(9,14)10-6-2-3-7-11(10)13/h2-3,6-7,9,14H,4-5,8H2,1H3. The topological polar surface area (TPSA) is 20.2 Å². The molecule has 0 radical (unpaired) electrons. The van der Waals surface area contributed by atoms with Crippen molar-refractivity contribution in [2.45, 2.75) is 31.8 Å². The Morgan fingerprint density at radius 3 is 2.71 bits per heavy atom. The van der Waals surface area contributed by atoms with Crippen LogP contribution in [-0.2, 0) is 5.60 Å². The van der Waals surface area contributed by atoms with Crippen molar-refractivity contribution >= 4 is 15.9 Å². The normalized spacial score (nSPS) is 32.1. The molecule has 1 fully saturated rings. The van der Waals surface area contributed by atoms with Gasteiger partial charge in [-0.3, -0.25) is 0 Å². The monoisotopic (exact) mass is 254 g/mol. The average molecular weight is 255 g/mol. The minimum Gasteiger partial charge on any atom is -0.385 e. The molecule has 2 rings (SSSR count). The first-order valence-electron chi connectivity index (χ1n) is 5.12. The summed E-state index contributed by atoms with van der Waals surface area (Å²) in [5, 5.41) is 10.6. The van der Waals surface area contributed by atoms with E-state index in [1.165, 1.54) is 0 Å². The van der Waals surface area contributed by atoms with E-state index in [-0.39, 0.29) is 0 Å². The molecular weight excluding hydrogens is 240 g/mol. The van der Waals surface area contributed by atoms with Crippen molar-refractivity contribution in [3.63, 3.8) is 0 Å². The molecule has 2 heteroatoms. The Hall–Kier alpha value is -0.340. The molecule has 1 aromatic rings. The fourth-order valence-corrected chi connectivity index (χ4v) is 3.00. The van der Waals surface area contributed by atoms with Crippen LogP contribution in [0.25, 0.3) is 0 Å². The first-order chi connectivity index (χ1) is 6.64. The van der Waals surface area contributed by atoms with Crippen molar-refractivity contribution in [3.8, 4) is 0 Å². The smallest absolute Gasteiger partial charge is 0.0932 e. The van der Waals surface area contributed by atoms with Crippen LogP contribution in [0, 0.1) is 5.92 Å². The second-order valence-corrected chi connectivity index (χ2v) is 5.05. The van der Waals surface area contributed by atoms with Crippen molar-refractivity contribution in [1.82, 2.24) is 0 Å². The number of rotatable bonds is 1. The van der Waals surface area contributed by atoms with Gasteiger partial charge < -0.3 is 5.11 Å². The van der Waals surface area contributed by atoms with Gasteiger partial charge >= 0.3 is 0 Å². The molecule has 0 amide bonds. The molecule has 0 aromatic heterocycles. The van der Waals surface area contributed by atoms with Crippen molar-refractivity contribution < 1.29 is 5.11 Å². The maximum atomic E-state index is 10.6. The van der Waals surface area contributed by atoms with Crippen LogP contribution in [0.3, 0.4) is 0 Å². The molecule has 2 unspecified atom stereocenters. The highest BCUT2D eigenvalue weighted by molar-refractivity contribution is 9.10. The second kappa shape index (κ2) is 3.67. The van der Waals surface area contributed by atoms with E-state index in [1.54, 1.807) is 0 Å². The van der Waals surface area contributed by atoms with E-state index in [2.05, 4.69) is 22.9 Å². The van der Waals surface area contributed by atoms with Crippen LogP contribution < -0.4 is 0 Å². The van der Waals surface area contributed by atoms with Crippen LogP contribution in [0.4, 0.5) is 0 Å². The van der Waals surface area contributed by atoms with Crippen LogP contribution >= 0.6 is 15.9 Å². The van der Waals surface area contributed by atoms with Gasteiger partial charge in [-0.2, -0.15) is 0 Å². The highest BCUT2D eigenvalue weighted by Gasteiger charge is 2.40. The van der Waals surface area contributed by atoms with Crippen molar-refractivity contribution in [3.05, 3.63) is 34.3 Å². The van der Waals surface area contributed by atoms with Gasteiger partial charge in [0.05, 0.1) is 5.60 Å². The lowest BCUT2D eigenvalue weighted by Gasteiger charge is -2.29. The fourth-order valence-electron chi connectivity index (χ4n) is 2.38. The molecule has 76 valence electrons. The maximum Gasteiger partial charge on any atom is 0.0932 e. The maximum absolute atomic E-state index is 10.6. The predicted octanol–water partition coefficient (Wildman–Crippen LogP) is 3.46. The quantitative estimate of drug-likeness (QED) is 0.814. The zero-order valence-corrected chi connectivity index (χ0v) is 9.92. The zero-order valence-electron chi connectivity index (χ0n) is 8.33. The molecular formula is C12H15BrO. The minimum atomic E-state index is -0.611. The van der Waals surface area contributed by atoms with E-state index in [4.69, 9.17) is 0 Å². The Bertz CT molecular complexity index is 337. The molecule has 0 spiro atoms. The van der Waals surface area contributed by atoms with Gasteiger partial charge in [0.15, 0.2) is 0 Å². The molecule has 1 aromatic carbocycles. The first kappa shape index (κ1) is 10.2. The molecule has 14 heavy (non-hydrogen) atoms. The Balaban J connectivity index is 2.43. The van der Waals surface area contributed by atoms with Gasteiger partial charge in [-0.05, 0) is 36.8 Å². The van der Waals surface area contributed by atoms with Crippen molar-refractivity contribution in [1.29, 1.82) is 0 Å². The summed E-state index contributed by atoms with van der Waals surface area (Å²) >= 11 is 3.51. The number of hydrogen-bond donors (Lipinski definition) is 1. The third-order valence-electron chi connectivity index (χ3n) is 3.35. The summed E-state index contributed by atoms with van der Waals surface area (Å²) < 4.78 is 1.02.